The molecule has 8 nitrogen and oxygen atoms in total. The molecule has 2 heterocycles. The van der Waals surface area contributed by atoms with Crippen LogP contribution in [0.15, 0.2) is 69.7 Å². The maximum atomic E-state index is 12.9. The number of amides is 2. The van der Waals surface area contributed by atoms with Crippen molar-refractivity contribution in [1.82, 2.24) is 4.98 Å². The van der Waals surface area contributed by atoms with Crippen molar-refractivity contribution >= 4 is 61.3 Å². The summed E-state index contributed by atoms with van der Waals surface area (Å²) in [5, 5.41) is 4.51. The maximum absolute atomic E-state index is 12.9. The summed E-state index contributed by atoms with van der Waals surface area (Å²) >= 11 is 7.34. The molecule has 0 radical (unpaired) electrons. The summed E-state index contributed by atoms with van der Waals surface area (Å²) in [4.78, 5) is 30.5. The molecule has 2 aromatic carbocycles. The minimum atomic E-state index is -3.81. The third-order valence-corrected chi connectivity index (χ3v) is 7.10. The summed E-state index contributed by atoms with van der Waals surface area (Å²) in [6, 6.07) is 11.1. The van der Waals surface area contributed by atoms with Gasteiger partial charge in [-0.25, -0.2) is 18.3 Å². The first-order chi connectivity index (χ1) is 15.2. The molecule has 1 aromatic heterocycles. The number of imide groups is 1. The van der Waals surface area contributed by atoms with Crippen molar-refractivity contribution in [2.45, 2.75) is 18.7 Å². The van der Waals surface area contributed by atoms with Crippen LogP contribution in [0.1, 0.15) is 11.1 Å². The van der Waals surface area contributed by atoms with E-state index in [4.69, 9.17) is 11.6 Å². The van der Waals surface area contributed by atoms with Crippen molar-refractivity contribution in [2.75, 3.05) is 14.9 Å². The fourth-order valence-corrected chi connectivity index (χ4v) is 5.24. The average Bonchev–Trinajstić information content (AvgIpc) is 3.30. The zero-order chi connectivity index (χ0) is 23.0. The number of thiazole rings is 1. The molecule has 0 aliphatic carbocycles. The van der Waals surface area contributed by atoms with Crippen molar-refractivity contribution < 1.29 is 18.0 Å². The maximum Gasteiger partial charge on any atom is 0.283 e. The van der Waals surface area contributed by atoms with Crippen LogP contribution in [0.25, 0.3) is 0 Å². The number of carbonyl (C=O) groups excluding carboxylic acids is 2. The van der Waals surface area contributed by atoms with Crippen LogP contribution in [0.2, 0.25) is 0 Å². The number of aryl methyl sites for hydroxylation is 2. The predicted octanol–water partition coefficient (Wildman–Crippen LogP) is 4.00. The second kappa shape index (κ2) is 8.38. The highest BCUT2D eigenvalue weighted by atomic mass is 35.5. The van der Waals surface area contributed by atoms with Crippen LogP contribution in [-0.2, 0) is 19.6 Å². The molecule has 11 heteroatoms. The van der Waals surface area contributed by atoms with Crippen molar-refractivity contribution in [1.29, 1.82) is 0 Å². The Morgan fingerprint density at radius 3 is 2.25 bits per heavy atom. The van der Waals surface area contributed by atoms with E-state index < -0.39 is 21.8 Å². The van der Waals surface area contributed by atoms with E-state index in [1.54, 1.807) is 17.5 Å². The Morgan fingerprint density at radius 2 is 1.66 bits per heavy atom. The van der Waals surface area contributed by atoms with Crippen LogP contribution in [0.5, 0.6) is 0 Å². The van der Waals surface area contributed by atoms with Crippen LogP contribution in [0, 0.1) is 13.8 Å². The number of nitrogens with one attached hydrogen (secondary N) is 2. The van der Waals surface area contributed by atoms with Crippen molar-refractivity contribution in [3.63, 3.8) is 0 Å². The molecule has 0 fully saturated rings. The van der Waals surface area contributed by atoms with Gasteiger partial charge in [-0.1, -0.05) is 17.7 Å². The van der Waals surface area contributed by atoms with E-state index in [-0.39, 0.29) is 20.8 Å². The molecule has 32 heavy (non-hydrogen) atoms. The highest BCUT2D eigenvalue weighted by molar-refractivity contribution is 7.93. The molecule has 0 saturated carbocycles. The van der Waals surface area contributed by atoms with Crippen LogP contribution < -0.4 is 14.9 Å². The van der Waals surface area contributed by atoms with Gasteiger partial charge in [-0.15, -0.1) is 11.3 Å². The van der Waals surface area contributed by atoms with Gasteiger partial charge in [-0.05, 0) is 61.4 Å². The van der Waals surface area contributed by atoms with E-state index in [1.807, 2.05) is 19.9 Å². The lowest BCUT2D eigenvalue weighted by Crippen LogP contribution is -2.32. The van der Waals surface area contributed by atoms with E-state index in [0.717, 1.165) is 27.4 Å². The average molecular weight is 489 g/mol. The van der Waals surface area contributed by atoms with E-state index in [2.05, 4.69) is 15.0 Å². The Balaban J connectivity index is 1.55. The highest BCUT2D eigenvalue weighted by Crippen LogP contribution is 2.31. The number of rotatable bonds is 6. The summed E-state index contributed by atoms with van der Waals surface area (Å²) < 4.78 is 27.3. The second-order valence-corrected chi connectivity index (χ2v) is 10.0. The fourth-order valence-electron chi connectivity index (χ4n) is 3.24. The third kappa shape index (κ3) is 4.24. The van der Waals surface area contributed by atoms with Gasteiger partial charge in [0.15, 0.2) is 5.13 Å². The largest absolute Gasteiger partial charge is 0.350 e. The number of anilines is 3. The second-order valence-electron chi connectivity index (χ2n) is 7.07. The molecular weight excluding hydrogens is 472 g/mol. The summed E-state index contributed by atoms with van der Waals surface area (Å²) in [6.07, 6.45) is 1.49. The highest BCUT2D eigenvalue weighted by Gasteiger charge is 2.39. The van der Waals surface area contributed by atoms with Gasteiger partial charge in [0.05, 0.1) is 10.6 Å². The molecule has 164 valence electrons. The molecule has 0 saturated heterocycles. The Morgan fingerprint density at radius 1 is 1.00 bits per heavy atom. The van der Waals surface area contributed by atoms with Crippen LogP contribution in [-0.4, -0.2) is 25.2 Å². The number of sulfonamides is 1. The molecule has 2 N–H and O–H groups in total. The summed E-state index contributed by atoms with van der Waals surface area (Å²) in [7, 11) is -3.81. The lowest BCUT2D eigenvalue weighted by molar-refractivity contribution is -0.120. The number of aromatic nitrogens is 1. The van der Waals surface area contributed by atoms with Crippen molar-refractivity contribution in [3.8, 4) is 0 Å². The van der Waals surface area contributed by atoms with E-state index in [0.29, 0.717) is 11.4 Å². The topological polar surface area (TPSA) is 108 Å². The number of benzene rings is 2. The van der Waals surface area contributed by atoms with Gasteiger partial charge >= 0.3 is 0 Å². The zero-order valence-electron chi connectivity index (χ0n) is 16.9. The molecule has 1 aliphatic rings. The van der Waals surface area contributed by atoms with Crippen molar-refractivity contribution in [3.05, 3.63) is 75.9 Å². The van der Waals surface area contributed by atoms with Gasteiger partial charge in [0, 0.05) is 17.3 Å². The number of hydrogen-bond donors (Lipinski definition) is 2. The first-order valence-corrected chi connectivity index (χ1v) is 12.1. The van der Waals surface area contributed by atoms with Crippen LogP contribution >= 0.6 is 22.9 Å². The summed E-state index contributed by atoms with van der Waals surface area (Å²) in [5.74, 6) is -1.22. The number of carbonyl (C=O) groups is 2. The van der Waals surface area contributed by atoms with Gasteiger partial charge in [0.1, 0.15) is 10.7 Å². The van der Waals surface area contributed by atoms with Crippen LogP contribution in [0.3, 0.4) is 0 Å². The lowest BCUT2D eigenvalue weighted by Gasteiger charge is -2.16. The standard InChI is InChI=1S/C21H17ClN4O4S2/c1-12-9-13(2)11-15(10-12)26-19(27)17(22)18(20(26)28)24-14-3-5-16(6-4-14)32(29,30)25-21-23-7-8-31-21/h3-11,24H,1-2H3,(H,23,25). The van der Waals surface area contributed by atoms with Crippen molar-refractivity contribution in [2.24, 2.45) is 0 Å². The van der Waals surface area contributed by atoms with Gasteiger partial charge in [0.25, 0.3) is 21.8 Å². The van der Waals surface area contributed by atoms with Gasteiger partial charge in [-0.3, -0.25) is 14.3 Å². The lowest BCUT2D eigenvalue weighted by atomic mass is 10.1. The molecule has 0 spiro atoms. The molecule has 1 aliphatic heterocycles. The van der Waals surface area contributed by atoms with E-state index in [1.165, 1.54) is 30.5 Å². The Labute approximate surface area is 193 Å². The summed E-state index contributed by atoms with van der Waals surface area (Å²) in [5.41, 5.74) is 2.56. The fraction of sp³-hybridized carbons (Fsp3) is 0.0952. The smallest absolute Gasteiger partial charge is 0.283 e. The third-order valence-electron chi connectivity index (χ3n) is 4.58. The zero-order valence-corrected chi connectivity index (χ0v) is 19.3. The molecule has 0 atom stereocenters. The first kappa shape index (κ1) is 22.0. The van der Waals surface area contributed by atoms with E-state index >= 15 is 0 Å². The van der Waals surface area contributed by atoms with E-state index in [9.17, 15) is 18.0 Å². The molecular formula is C21H17ClN4O4S2. The number of hydrogen-bond acceptors (Lipinski definition) is 7. The Hall–Kier alpha value is -3.21. The molecule has 2 amide bonds. The number of halogens is 1. The minimum absolute atomic E-state index is 0.0176. The monoisotopic (exact) mass is 488 g/mol. The predicted molar refractivity (Wildman–Crippen MR) is 124 cm³/mol. The first-order valence-electron chi connectivity index (χ1n) is 9.32. The van der Waals surface area contributed by atoms with Gasteiger partial charge < -0.3 is 5.32 Å². The number of nitrogens with zero attached hydrogens (tertiary/aromatic N) is 2. The Kier molecular flexibility index (Phi) is 5.76. The Bertz CT molecular complexity index is 1330. The minimum Gasteiger partial charge on any atom is -0.350 e. The summed E-state index contributed by atoms with van der Waals surface area (Å²) in [6.45, 7) is 3.74. The van der Waals surface area contributed by atoms with Gasteiger partial charge in [0.2, 0.25) is 0 Å². The quantitative estimate of drug-likeness (QED) is 0.508. The molecule has 4 rings (SSSR count). The molecule has 0 unspecified atom stereocenters. The van der Waals surface area contributed by atoms with Crippen LogP contribution in [0.4, 0.5) is 16.5 Å². The molecule has 0 bridgehead atoms. The SMILES string of the molecule is Cc1cc(C)cc(N2C(=O)C(Cl)=C(Nc3ccc(S(=O)(=O)Nc4nccs4)cc3)C2=O)c1. The normalized spacial score (nSPS) is 14.3. The van der Waals surface area contributed by atoms with Gasteiger partial charge in [-0.2, -0.15) is 0 Å². The molecule has 3 aromatic rings.